The highest BCUT2D eigenvalue weighted by molar-refractivity contribution is 7.89. The molecule has 2 aromatic rings. The first-order valence-corrected chi connectivity index (χ1v) is 10.3. The van der Waals surface area contributed by atoms with Gasteiger partial charge >= 0.3 is 0 Å². The van der Waals surface area contributed by atoms with Crippen LogP contribution in [0.2, 0.25) is 0 Å². The zero-order valence-electron chi connectivity index (χ0n) is 15.4. The van der Waals surface area contributed by atoms with Crippen LogP contribution in [0.3, 0.4) is 0 Å². The van der Waals surface area contributed by atoms with Gasteiger partial charge in [-0.2, -0.15) is 0 Å². The molecule has 1 N–H and O–H groups in total. The van der Waals surface area contributed by atoms with E-state index in [4.69, 9.17) is 9.47 Å². The SMILES string of the molecule is COc1cccc2c1OCC(NS(=O)(=O)c1ccc(CC(C)C)cc1)C2. The van der Waals surface area contributed by atoms with E-state index in [1.165, 1.54) is 0 Å². The third-order valence-corrected chi connectivity index (χ3v) is 5.91. The van der Waals surface area contributed by atoms with Crippen LogP contribution in [0.5, 0.6) is 11.5 Å². The van der Waals surface area contributed by atoms with Crippen LogP contribution in [0.15, 0.2) is 47.4 Å². The lowest BCUT2D eigenvalue weighted by Gasteiger charge is -2.27. The number of hydrogen-bond donors (Lipinski definition) is 1. The van der Waals surface area contributed by atoms with Crippen LogP contribution in [0.25, 0.3) is 0 Å². The fraction of sp³-hybridized carbons (Fsp3) is 0.400. The molecule has 0 amide bonds. The molecule has 0 bridgehead atoms. The van der Waals surface area contributed by atoms with Gasteiger partial charge in [-0.1, -0.05) is 38.1 Å². The highest BCUT2D eigenvalue weighted by Gasteiger charge is 2.27. The minimum atomic E-state index is -3.58. The zero-order valence-corrected chi connectivity index (χ0v) is 16.2. The smallest absolute Gasteiger partial charge is 0.240 e. The summed E-state index contributed by atoms with van der Waals surface area (Å²) >= 11 is 0. The summed E-state index contributed by atoms with van der Waals surface area (Å²) in [5, 5.41) is 0. The minimum absolute atomic E-state index is 0.276. The normalized spacial score (nSPS) is 16.8. The zero-order chi connectivity index (χ0) is 18.7. The molecule has 1 aliphatic heterocycles. The molecule has 1 heterocycles. The minimum Gasteiger partial charge on any atom is -0.493 e. The Labute approximate surface area is 155 Å². The Bertz CT molecular complexity index is 860. The maximum absolute atomic E-state index is 12.7. The van der Waals surface area contributed by atoms with Gasteiger partial charge in [-0.15, -0.1) is 0 Å². The van der Waals surface area contributed by atoms with E-state index in [-0.39, 0.29) is 17.5 Å². The van der Waals surface area contributed by atoms with E-state index in [1.54, 1.807) is 19.2 Å². The molecule has 5 nitrogen and oxygen atoms in total. The van der Waals surface area contributed by atoms with Crippen molar-refractivity contribution in [2.75, 3.05) is 13.7 Å². The third-order valence-electron chi connectivity index (χ3n) is 4.37. The first-order valence-electron chi connectivity index (χ1n) is 8.79. The van der Waals surface area contributed by atoms with Crippen molar-refractivity contribution in [2.24, 2.45) is 5.92 Å². The largest absolute Gasteiger partial charge is 0.493 e. The molecule has 1 atom stereocenters. The molecule has 0 fully saturated rings. The number of ether oxygens (including phenoxy) is 2. The van der Waals surface area contributed by atoms with Crippen LogP contribution >= 0.6 is 0 Å². The maximum Gasteiger partial charge on any atom is 0.240 e. The van der Waals surface area contributed by atoms with Crippen LogP contribution in [0.4, 0.5) is 0 Å². The van der Waals surface area contributed by atoms with E-state index in [0.717, 1.165) is 17.5 Å². The lowest BCUT2D eigenvalue weighted by atomic mass is 10.0. The molecule has 0 spiro atoms. The molecule has 3 rings (SSSR count). The Morgan fingerprint density at radius 2 is 1.92 bits per heavy atom. The van der Waals surface area contributed by atoms with Gasteiger partial charge in [0.1, 0.15) is 6.61 Å². The number of nitrogens with one attached hydrogen (secondary N) is 1. The summed E-state index contributed by atoms with van der Waals surface area (Å²) in [7, 11) is -1.99. The Kier molecular flexibility index (Phi) is 5.53. The first-order chi connectivity index (χ1) is 12.4. The molecule has 2 aromatic carbocycles. The Morgan fingerprint density at radius 3 is 2.58 bits per heavy atom. The maximum atomic E-state index is 12.7. The molecule has 140 valence electrons. The highest BCUT2D eigenvalue weighted by atomic mass is 32.2. The molecule has 0 saturated carbocycles. The molecule has 0 aromatic heterocycles. The fourth-order valence-corrected chi connectivity index (χ4v) is 4.41. The number of sulfonamides is 1. The second-order valence-corrected chi connectivity index (χ2v) is 8.74. The summed E-state index contributed by atoms with van der Waals surface area (Å²) < 4.78 is 39.2. The molecular formula is C20H25NO4S. The number of fused-ring (bicyclic) bond motifs is 1. The summed E-state index contributed by atoms with van der Waals surface area (Å²) in [6.45, 7) is 4.56. The standard InChI is InChI=1S/C20H25NO4S/c1-14(2)11-15-7-9-18(10-8-15)26(22,23)21-17-12-16-5-4-6-19(24-3)20(16)25-13-17/h4-10,14,17,21H,11-13H2,1-3H3. The van der Waals surface area contributed by atoms with Crippen LogP contribution in [0.1, 0.15) is 25.0 Å². The van der Waals surface area contributed by atoms with Crippen LogP contribution < -0.4 is 14.2 Å². The van der Waals surface area contributed by atoms with E-state index in [2.05, 4.69) is 18.6 Å². The van der Waals surface area contributed by atoms with Crippen molar-refractivity contribution in [1.29, 1.82) is 0 Å². The summed E-state index contributed by atoms with van der Waals surface area (Å²) in [6, 6.07) is 12.4. The van der Waals surface area contributed by atoms with Gasteiger partial charge in [-0.05, 0) is 48.1 Å². The average molecular weight is 375 g/mol. The lowest BCUT2D eigenvalue weighted by molar-refractivity contribution is 0.240. The van der Waals surface area contributed by atoms with Crippen molar-refractivity contribution in [3.63, 3.8) is 0 Å². The molecular weight excluding hydrogens is 350 g/mol. The van der Waals surface area contributed by atoms with Crippen molar-refractivity contribution in [3.05, 3.63) is 53.6 Å². The molecule has 26 heavy (non-hydrogen) atoms. The summed E-state index contributed by atoms with van der Waals surface area (Å²) in [5.41, 5.74) is 2.08. The second kappa shape index (κ2) is 7.68. The summed E-state index contributed by atoms with van der Waals surface area (Å²) in [5.74, 6) is 1.90. The van der Waals surface area contributed by atoms with Gasteiger partial charge in [-0.3, -0.25) is 0 Å². The van der Waals surface area contributed by atoms with E-state index in [0.29, 0.717) is 23.8 Å². The average Bonchev–Trinajstić information content (AvgIpc) is 2.60. The third kappa shape index (κ3) is 4.19. The Balaban J connectivity index is 1.72. The van der Waals surface area contributed by atoms with Gasteiger partial charge < -0.3 is 9.47 Å². The number of benzene rings is 2. The predicted molar refractivity (Wildman–Crippen MR) is 101 cm³/mol. The van der Waals surface area contributed by atoms with E-state index in [9.17, 15) is 8.42 Å². The van der Waals surface area contributed by atoms with Crippen LogP contribution in [-0.2, 0) is 22.9 Å². The number of hydrogen-bond acceptors (Lipinski definition) is 4. The first kappa shape index (κ1) is 18.7. The van der Waals surface area contributed by atoms with E-state index < -0.39 is 10.0 Å². The van der Waals surface area contributed by atoms with Crippen LogP contribution in [-0.4, -0.2) is 28.2 Å². The van der Waals surface area contributed by atoms with Gasteiger partial charge in [0.05, 0.1) is 18.0 Å². The van der Waals surface area contributed by atoms with Gasteiger partial charge in [-0.25, -0.2) is 13.1 Å². The Hall–Kier alpha value is -2.05. The molecule has 0 radical (unpaired) electrons. The van der Waals surface area contributed by atoms with Crippen molar-refractivity contribution in [2.45, 2.75) is 37.6 Å². The summed E-state index contributed by atoms with van der Waals surface area (Å²) in [4.78, 5) is 0.279. The fourth-order valence-electron chi connectivity index (χ4n) is 3.19. The van der Waals surface area contributed by atoms with E-state index in [1.807, 2.05) is 30.3 Å². The number of methoxy groups -OCH3 is 1. The molecule has 0 aliphatic carbocycles. The predicted octanol–water partition coefficient (Wildman–Crippen LogP) is 3.18. The highest BCUT2D eigenvalue weighted by Crippen LogP contribution is 2.34. The van der Waals surface area contributed by atoms with Gasteiger partial charge in [0, 0.05) is 0 Å². The van der Waals surface area contributed by atoms with Gasteiger partial charge in [0.2, 0.25) is 10.0 Å². The molecule has 1 unspecified atom stereocenters. The monoisotopic (exact) mass is 375 g/mol. The summed E-state index contributed by atoms with van der Waals surface area (Å²) in [6.07, 6.45) is 1.50. The number of para-hydroxylation sites is 1. The van der Waals surface area contributed by atoms with Crippen molar-refractivity contribution >= 4 is 10.0 Å². The van der Waals surface area contributed by atoms with Crippen molar-refractivity contribution in [3.8, 4) is 11.5 Å². The van der Waals surface area contributed by atoms with Gasteiger partial charge in [0.15, 0.2) is 11.5 Å². The lowest BCUT2D eigenvalue weighted by Crippen LogP contribution is -2.42. The van der Waals surface area contributed by atoms with Crippen LogP contribution in [0, 0.1) is 5.92 Å². The topological polar surface area (TPSA) is 64.6 Å². The quantitative estimate of drug-likeness (QED) is 0.842. The molecule has 1 aliphatic rings. The van der Waals surface area contributed by atoms with E-state index >= 15 is 0 Å². The number of rotatable bonds is 6. The second-order valence-electron chi connectivity index (χ2n) is 7.02. The van der Waals surface area contributed by atoms with Crippen molar-refractivity contribution < 1.29 is 17.9 Å². The molecule has 0 saturated heterocycles. The Morgan fingerprint density at radius 1 is 1.19 bits per heavy atom. The molecule has 6 heteroatoms. The van der Waals surface area contributed by atoms with Crippen molar-refractivity contribution in [1.82, 2.24) is 4.72 Å². The van der Waals surface area contributed by atoms with Gasteiger partial charge in [0.25, 0.3) is 0 Å².